The second-order valence-electron chi connectivity index (χ2n) is 6.43. The predicted octanol–water partition coefficient (Wildman–Crippen LogP) is 3.46. The fourth-order valence-electron chi connectivity index (χ4n) is 2.87. The number of aromatic nitrogens is 4. The van der Waals surface area contributed by atoms with Gasteiger partial charge in [0.25, 0.3) is 11.7 Å². The van der Waals surface area contributed by atoms with Gasteiger partial charge in [-0.05, 0) is 49.7 Å². The number of ether oxygens (including phenoxy) is 1. The first-order valence-electron chi connectivity index (χ1n) is 8.89. The fourth-order valence-corrected chi connectivity index (χ4v) is 2.87. The van der Waals surface area contributed by atoms with E-state index in [-0.39, 0.29) is 11.7 Å². The Labute approximate surface area is 162 Å². The number of amides is 1. The maximum atomic E-state index is 12.5. The topological polar surface area (TPSA) is 81.4 Å². The van der Waals surface area contributed by atoms with Gasteiger partial charge in [-0.15, -0.1) is 5.10 Å². The molecular formula is C21H19N5O2. The lowest BCUT2D eigenvalue weighted by Gasteiger charge is -2.08. The molecule has 4 aromatic rings. The van der Waals surface area contributed by atoms with Crippen LogP contribution in [0.5, 0.6) is 11.5 Å². The Morgan fingerprint density at radius 2 is 1.79 bits per heavy atom. The molecule has 0 aliphatic rings. The van der Waals surface area contributed by atoms with Crippen LogP contribution in [0.3, 0.4) is 0 Å². The number of nitrogens with zero attached hydrogens (tertiary/aromatic N) is 4. The van der Waals surface area contributed by atoms with Gasteiger partial charge in [0, 0.05) is 17.9 Å². The van der Waals surface area contributed by atoms with Gasteiger partial charge in [-0.25, -0.2) is 9.50 Å². The maximum Gasteiger partial charge on any atom is 0.291 e. The lowest BCUT2D eigenvalue weighted by molar-refractivity contribution is 0.0940. The van der Waals surface area contributed by atoms with Crippen molar-refractivity contribution in [1.29, 1.82) is 0 Å². The highest BCUT2D eigenvalue weighted by molar-refractivity contribution is 5.90. The van der Waals surface area contributed by atoms with Gasteiger partial charge in [-0.2, -0.15) is 4.98 Å². The van der Waals surface area contributed by atoms with E-state index in [0.29, 0.717) is 18.1 Å². The zero-order valence-electron chi connectivity index (χ0n) is 15.6. The third kappa shape index (κ3) is 3.83. The number of fused-ring (bicyclic) bond motifs is 1. The van der Waals surface area contributed by atoms with Crippen LogP contribution in [0.2, 0.25) is 0 Å². The van der Waals surface area contributed by atoms with Gasteiger partial charge in [0.2, 0.25) is 5.82 Å². The normalized spacial score (nSPS) is 10.8. The van der Waals surface area contributed by atoms with Crippen molar-refractivity contribution in [1.82, 2.24) is 24.9 Å². The summed E-state index contributed by atoms with van der Waals surface area (Å²) in [6, 6.07) is 19.0. The Hall–Kier alpha value is -3.74. The Balaban J connectivity index is 1.45. The molecule has 0 radical (unpaired) electrons. The van der Waals surface area contributed by atoms with Crippen LogP contribution in [0.4, 0.5) is 0 Å². The van der Waals surface area contributed by atoms with Gasteiger partial charge < -0.3 is 10.1 Å². The molecule has 0 fully saturated rings. The Morgan fingerprint density at radius 1 is 1.00 bits per heavy atom. The minimum atomic E-state index is -0.350. The van der Waals surface area contributed by atoms with Crippen LogP contribution in [0.15, 0.2) is 60.7 Å². The Bertz CT molecular complexity index is 1140. The second kappa shape index (κ2) is 7.48. The van der Waals surface area contributed by atoms with Crippen molar-refractivity contribution in [2.24, 2.45) is 0 Å². The molecule has 7 heteroatoms. The number of benzene rings is 2. The third-order valence-corrected chi connectivity index (χ3v) is 4.15. The summed E-state index contributed by atoms with van der Waals surface area (Å²) in [6.07, 6.45) is 0. The molecule has 2 aromatic heterocycles. The minimum absolute atomic E-state index is 0.0953. The predicted molar refractivity (Wildman–Crippen MR) is 104 cm³/mol. The van der Waals surface area contributed by atoms with Gasteiger partial charge in [0.15, 0.2) is 0 Å². The summed E-state index contributed by atoms with van der Waals surface area (Å²) in [5.41, 5.74) is 2.62. The molecule has 0 spiro atoms. The largest absolute Gasteiger partial charge is 0.457 e. The summed E-state index contributed by atoms with van der Waals surface area (Å²) in [5, 5.41) is 7.09. The van der Waals surface area contributed by atoms with Crippen LogP contribution in [0.25, 0.3) is 5.78 Å². The molecule has 7 nitrogen and oxygen atoms in total. The summed E-state index contributed by atoms with van der Waals surface area (Å²) < 4.78 is 7.39. The van der Waals surface area contributed by atoms with E-state index >= 15 is 0 Å². The number of hydrogen-bond acceptors (Lipinski definition) is 5. The molecule has 1 amide bonds. The van der Waals surface area contributed by atoms with Crippen LogP contribution in [0.1, 0.15) is 27.6 Å². The summed E-state index contributed by atoms with van der Waals surface area (Å²) in [7, 11) is 0. The molecule has 0 unspecified atom stereocenters. The molecule has 0 saturated carbocycles. The Kier molecular flexibility index (Phi) is 4.72. The molecule has 0 aliphatic carbocycles. The van der Waals surface area contributed by atoms with E-state index in [0.717, 1.165) is 22.7 Å². The van der Waals surface area contributed by atoms with Gasteiger partial charge >= 0.3 is 0 Å². The highest BCUT2D eigenvalue weighted by atomic mass is 16.5. The monoisotopic (exact) mass is 373 g/mol. The highest BCUT2D eigenvalue weighted by Gasteiger charge is 2.14. The van der Waals surface area contributed by atoms with E-state index < -0.39 is 0 Å². The SMILES string of the molecule is Cc1cc(C)n2nc(C(=O)NCc3cccc(Oc4ccccc4)c3)nc2n1. The molecule has 0 bridgehead atoms. The number of aryl methyl sites for hydroxylation is 2. The zero-order chi connectivity index (χ0) is 19.5. The first-order chi connectivity index (χ1) is 13.6. The third-order valence-electron chi connectivity index (χ3n) is 4.15. The molecule has 28 heavy (non-hydrogen) atoms. The van der Waals surface area contributed by atoms with Gasteiger partial charge in [-0.3, -0.25) is 4.79 Å². The van der Waals surface area contributed by atoms with E-state index in [9.17, 15) is 4.79 Å². The summed E-state index contributed by atoms with van der Waals surface area (Å²) in [5.74, 6) is 1.63. The first kappa shape index (κ1) is 17.7. The number of carbonyl (C=O) groups is 1. The van der Waals surface area contributed by atoms with Crippen LogP contribution in [-0.4, -0.2) is 25.5 Å². The maximum absolute atomic E-state index is 12.5. The second-order valence-corrected chi connectivity index (χ2v) is 6.43. The van der Waals surface area contributed by atoms with Gasteiger partial charge in [0.05, 0.1) is 0 Å². The molecule has 2 aromatic carbocycles. The van der Waals surface area contributed by atoms with Crippen molar-refractivity contribution in [3.05, 3.63) is 83.4 Å². The number of nitrogens with one attached hydrogen (secondary N) is 1. The Morgan fingerprint density at radius 3 is 2.61 bits per heavy atom. The lowest BCUT2D eigenvalue weighted by Crippen LogP contribution is -2.24. The number of carbonyl (C=O) groups excluding carboxylic acids is 1. The van der Waals surface area contributed by atoms with E-state index in [1.807, 2.05) is 74.5 Å². The van der Waals surface area contributed by atoms with Crippen LogP contribution < -0.4 is 10.1 Å². The van der Waals surface area contributed by atoms with Crippen molar-refractivity contribution in [2.75, 3.05) is 0 Å². The standard InChI is InChI=1S/C21H19N5O2/c1-14-11-15(2)26-21(23-14)24-19(25-26)20(27)22-13-16-7-6-10-18(12-16)28-17-8-4-3-5-9-17/h3-12H,13H2,1-2H3,(H,22,27). The van der Waals surface area contributed by atoms with Gasteiger partial charge in [-0.1, -0.05) is 30.3 Å². The molecule has 140 valence electrons. The number of hydrogen-bond donors (Lipinski definition) is 1. The van der Waals surface area contributed by atoms with E-state index in [1.165, 1.54) is 0 Å². The molecule has 0 atom stereocenters. The summed E-state index contributed by atoms with van der Waals surface area (Å²) in [4.78, 5) is 21.0. The molecule has 1 N–H and O–H groups in total. The van der Waals surface area contributed by atoms with Crippen molar-refractivity contribution in [3.63, 3.8) is 0 Å². The molecule has 0 saturated heterocycles. The molecule has 4 rings (SSSR count). The van der Waals surface area contributed by atoms with Crippen LogP contribution in [0, 0.1) is 13.8 Å². The van der Waals surface area contributed by atoms with Crippen molar-refractivity contribution in [3.8, 4) is 11.5 Å². The highest BCUT2D eigenvalue weighted by Crippen LogP contribution is 2.21. The van der Waals surface area contributed by atoms with E-state index in [2.05, 4.69) is 20.4 Å². The molecule has 2 heterocycles. The first-order valence-corrected chi connectivity index (χ1v) is 8.89. The molecule has 0 aliphatic heterocycles. The van der Waals surface area contributed by atoms with Gasteiger partial charge in [0.1, 0.15) is 11.5 Å². The minimum Gasteiger partial charge on any atom is -0.457 e. The number of rotatable bonds is 5. The fraction of sp³-hybridized carbons (Fsp3) is 0.143. The number of para-hydroxylation sites is 1. The van der Waals surface area contributed by atoms with Crippen LogP contribution in [-0.2, 0) is 6.54 Å². The summed E-state index contributed by atoms with van der Waals surface area (Å²) >= 11 is 0. The van der Waals surface area contributed by atoms with Crippen molar-refractivity contribution < 1.29 is 9.53 Å². The lowest BCUT2D eigenvalue weighted by atomic mass is 10.2. The molecular weight excluding hydrogens is 354 g/mol. The van der Waals surface area contributed by atoms with E-state index in [4.69, 9.17) is 4.74 Å². The average molecular weight is 373 g/mol. The van der Waals surface area contributed by atoms with Crippen molar-refractivity contribution in [2.45, 2.75) is 20.4 Å². The van der Waals surface area contributed by atoms with Crippen LogP contribution >= 0.6 is 0 Å². The zero-order valence-corrected chi connectivity index (χ0v) is 15.6. The average Bonchev–Trinajstić information content (AvgIpc) is 3.12. The smallest absolute Gasteiger partial charge is 0.291 e. The van der Waals surface area contributed by atoms with Crippen molar-refractivity contribution >= 4 is 11.7 Å². The quantitative estimate of drug-likeness (QED) is 0.579. The van der Waals surface area contributed by atoms with E-state index in [1.54, 1.807) is 4.52 Å². The summed E-state index contributed by atoms with van der Waals surface area (Å²) in [6.45, 7) is 4.12.